The zero-order valence-corrected chi connectivity index (χ0v) is 8.78. The van der Waals surface area contributed by atoms with E-state index in [1.54, 1.807) is 12.1 Å². The molecule has 1 aromatic carbocycles. The Bertz CT molecular complexity index is 584. The number of hydrogen-bond donors (Lipinski definition) is 2. The fourth-order valence-electron chi connectivity index (χ4n) is 1.85. The molecule has 2 N–H and O–H groups in total. The molecule has 82 valence electrons. The molecule has 1 fully saturated rings. The van der Waals surface area contributed by atoms with Crippen molar-refractivity contribution in [2.45, 2.75) is 12.5 Å². The van der Waals surface area contributed by atoms with E-state index in [4.69, 9.17) is 0 Å². The van der Waals surface area contributed by atoms with Crippen molar-refractivity contribution in [1.82, 2.24) is 10.3 Å². The van der Waals surface area contributed by atoms with Crippen LogP contribution in [0.1, 0.15) is 12.6 Å². The molecule has 2 aromatic rings. The van der Waals surface area contributed by atoms with E-state index in [1.807, 2.05) is 6.07 Å². The Morgan fingerprint density at radius 2 is 2.19 bits per heavy atom. The maximum absolute atomic E-state index is 10.6. The number of nitrogens with one attached hydrogen (secondary N) is 2. The van der Waals surface area contributed by atoms with Crippen LogP contribution in [-0.4, -0.2) is 16.5 Å². The lowest BCUT2D eigenvalue weighted by Crippen LogP contribution is -2.06. The second-order valence-corrected chi connectivity index (χ2v) is 4.40. The van der Waals surface area contributed by atoms with Crippen molar-refractivity contribution < 1.29 is 4.92 Å². The van der Waals surface area contributed by atoms with Gasteiger partial charge in [-0.1, -0.05) is 0 Å². The molecule has 0 aliphatic carbocycles. The molecule has 1 aliphatic rings. The van der Waals surface area contributed by atoms with E-state index in [2.05, 4.69) is 17.2 Å². The molecule has 1 aromatic heterocycles. The minimum atomic E-state index is -0.372. The molecular weight excluding hydrogens is 206 g/mol. The molecule has 5 nitrogen and oxygen atoms in total. The van der Waals surface area contributed by atoms with Crippen LogP contribution in [0.25, 0.3) is 10.9 Å². The van der Waals surface area contributed by atoms with Gasteiger partial charge in [-0.3, -0.25) is 10.1 Å². The summed E-state index contributed by atoms with van der Waals surface area (Å²) >= 11 is 0. The quantitative estimate of drug-likeness (QED) is 0.458. The number of benzene rings is 1. The van der Waals surface area contributed by atoms with Gasteiger partial charge in [0.1, 0.15) is 0 Å². The summed E-state index contributed by atoms with van der Waals surface area (Å²) in [6.07, 6.45) is 0. The highest BCUT2D eigenvalue weighted by Gasteiger charge is 2.39. The summed E-state index contributed by atoms with van der Waals surface area (Å²) in [5.74, 6) is 0. The first kappa shape index (κ1) is 9.35. The lowest BCUT2D eigenvalue weighted by atomic mass is 10.1. The van der Waals surface area contributed by atoms with Crippen molar-refractivity contribution in [3.8, 4) is 0 Å². The van der Waals surface area contributed by atoms with Gasteiger partial charge in [0.15, 0.2) is 0 Å². The fourth-order valence-corrected chi connectivity index (χ4v) is 1.85. The maximum atomic E-state index is 10.6. The lowest BCUT2D eigenvalue weighted by Gasteiger charge is -2.00. The molecule has 1 unspecified atom stereocenters. The smallest absolute Gasteiger partial charge is 0.270 e. The number of H-pyrrole nitrogens is 1. The average molecular weight is 217 g/mol. The Morgan fingerprint density at radius 1 is 1.44 bits per heavy atom. The number of nitro groups is 1. The van der Waals surface area contributed by atoms with Gasteiger partial charge in [0.25, 0.3) is 5.69 Å². The van der Waals surface area contributed by atoms with Gasteiger partial charge in [-0.15, -0.1) is 0 Å². The van der Waals surface area contributed by atoms with Crippen LogP contribution < -0.4 is 5.32 Å². The van der Waals surface area contributed by atoms with Crippen LogP contribution in [0.5, 0.6) is 0 Å². The molecular formula is C11H11N3O2. The lowest BCUT2D eigenvalue weighted by molar-refractivity contribution is -0.384. The van der Waals surface area contributed by atoms with Crippen LogP contribution in [0.3, 0.4) is 0 Å². The number of nitrogens with zero attached hydrogens (tertiary/aromatic N) is 1. The Hall–Kier alpha value is -1.88. The molecule has 0 saturated carbocycles. The molecule has 5 heteroatoms. The summed E-state index contributed by atoms with van der Waals surface area (Å²) < 4.78 is 0. The van der Waals surface area contributed by atoms with Crippen molar-refractivity contribution >= 4 is 16.6 Å². The highest BCUT2D eigenvalue weighted by molar-refractivity contribution is 5.83. The SMILES string of the molecule is CC1(c2cc3cc([N+](=O)[O-])ccc3[nH]2)CN1. The van der Waals surface area contributed by atoms with Crippen LogP contribution in [-0.2, 0) is 5.54 Å². The first-order chi connectivity index (χ1) is 7.58. The van der Waals surface area contributed by atoms with E-state index in [1.165, 1.54) is 6.07 Å². The third-order valence-electron chi connectivity index (χ3n) is 3.12. The van der Waals surface area contributed by atoms with Crippen molar-refractivity contribution in [1.29, 1.82) is 0 Å². The van der Waals surface area contributed by atoms with Crippen LogP contribution in [0, 0.1) is 10.1 Å². The number of aromatic amines is 1. The van der Waals surface area contributed by atoms with Crippen molar-refractivity contribution in [2.24, 2.45) is 0 Å². The summed E-state index contributed by atoms with van der Waals surface area (Å²) in [5, 5.41) is 14.8. The minimum absolute atomic E-state index is 0.0216. The molecule has 0 amide bonds. The Labute approximate surface area is 91.6 Å². The topological polar surface area (TPSA) is 80.9 Å². The van der Waals surface area contributed by atoms with Gasteiger partial charge >= 0.3 is 0 Å². The van der Waals surface area contributed by atoms with Gasteiger partial charge in [0, 0.05) is 35.3 Å². The van der Waals surface area contributed by atoms with E-state index >= 15 is 0 Å². The Balaban J connectivity index is 2.14. The highest BCUT2D eigenvalue weighted by Crippen LogP contribution is 2.32. The minimum Gasteiger partial charge on any atom is -0.357 e. The highest BCUT2D eigenvalue weighted by atomic mass is 16.6. The maximum Gasteiger partial charge on any atom is 0.270 e. The Kier molecular flexibility index (Phi) is 1.65. The fraction of sp³-hybridized carbons (Fsp3) is 0.273. The third-order valence-corrected chi connectivity index (χ3v) is 3.12. The van der Waals surface area contributed by atoms with Crippen molar-refractivity contribution in [3.05, 3.63) is 40.1 Å². The molecule has 1 saturated heterocycles. The number of aromatic nitrogens is 1. The summed E-state index contributed by atoms with van der Waals surface area (Å²) in [4.78, 5) is 13.6. The summed E-state index contributed by atoms with van der Waals surface area (Å²) in [7, 11) is 0. The monoisotopic (exact) mass is 217 g/mol. The number of non-ortho nitro benzene ring substituents is 1. The summed E-state index contributed by atoms with van der Waals surface area (Å²) in [6.45, 7) is 3.05. The van der Waals surface area contributed by atoms with Gasteiger partial charge < -0.3 is 10.3 Å². The van der Waals surface area contributed by atoms with E-state index in [0.717, 1.165) is 23.1 Å². The first-order valence-corrected chi connectivity index (χ1v) is 5.11. The normalized spacial score (nSPS) is 23.6. The largest absolute Gasteiger partial charge is 0.357 e. The predicted octanol–water partition coefficient (Wildman–Crippen LogP) is 1.89. The summed E-state index contributed by atoms with van der Waals surface area (Å²) in [6, 6.07) is 6.84. The molecule has 0 bridgehead atoms. The third kappa shape index (κ3) is 1.29. The Morgan fingerprint density at radius 3 is 2.81 bits per heavy atom. The zero-order valence-electron chi connectivity index (χ0n) is 8.78. The second-order valence-electron chi connectivity index (χ2n) is 4.40. The molecule has 1 atom stereocenters. The van der Waals surface area contributed by atoms with Gasteiger partial charge in [0.05, 0.1) is 10.5 Å². The standard InChI is InChI=1S/C11H11N3O2/c1-11(6-12-11)10-5-7-4-8(14(15)16)2-3-9(7)13-10/h2-5,12-13H,6H2,1H3. The van der Waals surface area contributed by atoms with Crippen LogP contribution in [0.15, 0.2) is 24.3 Å². The van der Waals surface area contributed by atoms with Gasteiger partial charge in [0.2, 0.25) is 0 Å². The number of rotatable bonds is 2. The average Bonchev–Trinajstić information content (AvgIpc) is 2.86. The van der Waals surface area contributed by atoms with Gasteiger partial charge in [-0.25, -0.2) is 0 Å². The van der Waals surface area contributed by atoms with Crippen LogP contribution >= 0.6 is 0 Å². The molecule has 1 aliphatic heterocycles. The summed E-state index contributed by atoms with van der Waals surface area (Å²) in [5.41, 5.74) is 2.18. The number of hydrogen-bond acceptors (Lipinski definition) is 3. The predicted molar refractivity (Wildman–Crippen MR) is 60.3 cm³/mol. The van der Waals surface area contributed by atoms with Gasteiger partial charge in [-0.2, -0.15) is 0 Å². The molecule has 2 heterocycles. The second kappa shape index (κ2) is 2.82. The zero-order chi connectivity index (χ0) is 11.3. The van der Waals surface area contributed by atoms with Crippen LogP contribution in [0.4, 0.5) is 5.69 Å². The van der Waals surface area contributed by atoms with E-state index < -0.39 is 0 Å². The van der Waals surface area contributed by atoms with Crippen LogP contribution in [0.2, 0.25) is 0 Å². The van der Waals surface area contributed by atoms with Gasteiger partial charge in [-0.05, 0) is 19.1 Å². The van der Waals surface area contributed by atoms with E-state index in [-0.39, 0.29) is 16.1 Å². The molecule has 3 rings (SSSR count). The van der Waals surface area contributed by atoms with E-state index in [0.29, 0.717) is 0 Å². The van der Waals surface area contributed by atoms with Crippen molar-refractivity contribution in [2.75, 3.05) is 6.54 Å². The molecule has 0 radical (unpaired) electrons. The number of nitro benzene ring substituents is 1. The van der Waals surface area contributed by atoms with Crippen molar-refractivity contribution in [3.63, 3.8) is 0 Å². The molecule has 16 heavy (non-hydrogen) atoms. The van der Waals surface area contributed by atoms with E-state index in [9.17, 15) is 10.1 Å². The first-order valence-electron chi connectivity index (χ1n) is 5.11. The number of fused-ring (bicyclic) bond motifs is 1. The molecule has 0 spiro atoms.